The zero-order valence-corrected chi connectivity index (χ0v) is 11.9. The van der Waals surface area contributed by atoms with Gasteiger partial charge in [0.25, 0.3) is 0 Å². The Bertz CT molecular complexity index is 378. The Morgan fingerprint density at radius 1 is 1.29 bits per heavy atom. The molecule has 0 aliphatic heterocycles. The highest BCUT2D eigenvalue weighted by atomic mass is 35.5. The van der Waals surface area contributed by atoms with Crippen molar-refractivity contribution < 1.29 is 5.11 Å². The van der Waals surface area contributed by atoms with Crippen LogP contribution in [0, 0.1) is 0 Å². The van der Waals surface area contributed by atoms with Crippen molar-refractivity contribution in [2.45, 2.75) is 38.8 Å². The maximum atomic E-state index is 10.4. The van der Waals surface area contributed by atoms with Crippen molar-refractivity contribution in [3.05, 3.63) is 33.8 Å². The molecule has 4 heteroatoms. The second-order valence-corrected chi connectivity index (χ2v) is 5.58. The molecule has 1 aromatic carbocycles. The van der Waals surface area contributed by atoms with E-state index in [2.05, 4.69) is 19.2 Å². The van der Waals surface area contributed by atoms with Gasteiger partial charge in [-0.15, -0.1) is 0 Å². The highest BCUT2D eigenvalue weighted by Gasteiger charge is 2.23. The number of rotatable bonds is 5. The number of halogens is 2. The van der Waals surface area contributed by atoms with Gasteiger partial charge in [-0.2, -0.15) is 0 Å². The molecule has 0 bridgehead atoms. The van der Waals surface area contributed by atoms with Gasteiger partial charge >= 0.3 is 0 Å². The summed E-state index contributed by atoms with van der Waals surface area (Å²) in [6, 6.07) is 5.66. The first-order chi connectivity index (χ1) is 7.83. The third kappa shape index (κ3) is 4.47. The van der Waals surface area contributed by atoms with E-state index in [0.717, 1.165) is 12.1 Å². The van der Waals surface area contributed by atoms with E-state index in [-0.39, 0.29) is 0 Å². The molecule has 0 aromatic heterocycles. The van der Waals surface area contributed by atoms with E-state index in [4.69, 9.17) is 23.2 Å². The van der Waals surface area contributed by atoms with Gasteiger partial charge in [-0.1, -0.05) is 43.1 Å². The van der Waals surface area contributed by atoms with E-state index >= 15 is 0 Å². The molecule has 0 amide bonds. The van der Waals surface area contributed by atoms with E-state index in [1.165, 1.54) is 0 Å². The lowest BCUT2D eigenvalue weighted by molar-refractivity contribution is 0.0475. The monoisotopic (exact) mass is 275 g/mol. The van der Waals surface area contributed by atoms with E-state index in [1.807, 2.05) is 6.07 Å². The minimum atomic E-state index is -0.893. The maximum absolute atomic E-state index is 10.4. The molecule has 0 aliphatic carbocycles. The molecule has 0 aliphatic rings. The van der Waals surface area contributed by atoms with Crippen LogP contribution in [0.1, 0.15) is 32.8 Å². The van der Waals surface area contributed by atoms with Gasteiger partial charge in [-0.3, -0.25) is 0 Å². The molecule has 2 N–H and O–H groups in total. The summed E-state index contributed by atoms with van der Waals surface area (Å²) in [6.07, 6.45) is 0.628. The van der Waals surface area contributed by atoms with E-state index in [9.17, 15) is 5.11 Å². The van der Waals surface area contributed by atoms with Crippen molar-refractivity contribution in [2.75, 3.05) is 6.54 Å². The molecule has 2 nitrogen and oxygen atoms in total. The van der Waals surface area contributed by atoms with Crippen LogP contribution in [-0.4, -0.2) is 17.7 Å². The van der Waals surface area contributed by atoms with E-state index in [0.29, 0.717) is 22.5 Å². The Hall–Kier alpha value is -0.280. The Balaban J connectivity index is 2.71. The summed E-state index contributed by atoms with van der Waals surface area (Å²) in [4.78, 5) is 0. The summed E-state index contributed by atoms with van der Waals surface area (Å²) in [5, 5.41) is 14.6. The predicted octanol–water partition coefficient (Wildman–Crippen LogP) is 3.59. The molecule has 0 radical (unpaired) electrons. The van der Waals surface area contributed by atoms with Crippen LogP contribution in [0.25, 0.3) is 0 Å². The predicted molar refractivity (Wildman–Crippen MR) is 73.8 cm³/mol. The summed E-state index contributed by atoms with van der Waals surface area (Å²) in [6.45, 7) is 6.70. The van der Waals surface area contributed by atoms with Crippen molar-refractivity contribution in [3.63, 3.8) is 0 Å². The van der Waals surface area contributed by atoms with E-state index in [1.54, 1.807) is 19.1 Å². The Morgan fingerprint density at radius 2 is 1.94 bits per heavy atom. The quantitative estimate of drug-likeness (QED) is 0.861. The molecule has 17 heavy (non-hydrogen) atoms. The Morgan fingerprint density at radius 3 is 2.47 bits per heavy atom. The molecule has 1 atom stereocenters. The van der Waals surface area contributed by atoms with Crippen molar-refractivity contribution in [1.29, 1.82) is 0 Å². The van der Waals surface area contributed by atoms with Crippen molar-refractivity contribution in [2.24, 2.45) is 0 Å². The Kier molecular flexibility index (Phi) is 5.26. The van der Waals surface area contributed by atoms with Crippen LogP contribution in [0.3, 0.4) is 0 Å². The first-order valence-electron chi connectivity index (χ1n) is 5.74. The normalized spacial score (nSPS) is 15.0. The minimum Gasteiger partial charge on any atom is -0.385 e. The van der Waals surface area contributed by atoms with Crippen LogP contribution in [0.2, 0.25) is 10.0 Å². The van der Waals surface area contributed by atoms with Gasteiger partial charge in [-0.05, 0) is 37.6 Å². The molecular formula is C13H19Cl2NO. The number of hydrogen-bond acceptors (Lipinski definition) is 2. The smallest absolute Gasteiger partial charge is 0.0881 e. The van der Waals surface area contributed by atoms with Gasteiger partial charge in [0.2, 0.25) is 0 Å². The molecule has 0 saturated carbocycles. The van der Waals surface area contributed by atoms with Crippen LogP contribution in [0.5, 0.6) is 0 Å². The number of aliphatic hydroxyl groups is 1. The largest absolute Gasteiger partial charge is 0.385 e. The maximum Gasteiger partial charge on any atom is 0.0881 e. The zero-order valence-electron chi connectivity index (χ0n) is 10.4. The first kappa shape index (κ1) is 14.8. The average molecular weight is 276 g/mol. The number of benzene rings is 1. The van der Waals surface area contributed by atoms with Gasteiger partial charge in [-0.25, -0.2) is 0 Å². The fourth-order valence-electron chi connectivity index (χ4n) is 1.58. The lowest BCUT2D eigenvalue weighted by Crippen LogP contribution is -2.31. The minimum absolute atomic E-state index is 0.416. The molecule has 1 rings (SSSR count). The van der Waals surface area contributed by atoms with Gasteiger partial charge in [0, 0.05) is 6.04 Å². The third-order valence-electron chi connectivity index (χ3n) is 2.71. The zero-order chi connectivity index (χ0) is 13.1. The number of hydrogen-bond donors (Lipinski definition) is 2. The van der Waals surface area contributed by atoms with Crippen molar-refractivity contribution in [3.8, 4) is 0 Å². The molecule has 0 fully saturated rings. The molecule has 0 heterocycles. The third-order valence-corrected chi connectivity index (χ3v) is 3.44. The fraction of sp³-hybridized carbons (Fsp3) is 0.538. The summed E-state index contributed by atoms with van der Waals surface area (Å²) in [5.74, 6) is 0. The SMILES string of the molecule is CC(C)NCCC(C)(O)c1ccc(Cl)c(Cl)c1. The second-order valence-electron chi connectivity index (χ2n) is 4.76. The summed E-state index contributed by atoms with van der Waals surface area (Å²) in [5.41, 5.74) is -0.103. The summed E-state index contributed by atoms with van der Waals surface area (Å²) >= 11 is 11.8. The molecule has 96 valence electrons. The fourth-order valence-corrected chi connectivity index (χ4v) is 1.88. The van der Waals surface area contributed by atoms with Crippen LogP contribution in [0.15, 0.2) is 18.2 Å². The highest BCUT2D eigenvalue weighted by molar-refractivity contribution is 6.42. The number of nitrogens with one attached hydrogen (secondary N) is 1. The van der Waals surface area contributed by atoms with Crippen molar-refractivity contribution in [1.82, 2.24) is 5.32 Å². The van der Waals surface area contributed by atoms with E-state index < -0.39 is 5.60 Å². The van der Waals surface area contributed by atoms with Gasteiger partial charge < -0.3 is 10.4 Å². The van der Waals surface area contributed by atoms with Gasteiger partial charge in [0.1, 0.15) is 0 Å². The molecule has 0 saturated heterocycles. The molecule has 1 aromatic rings. The van der Waals surface area contributed by atoms with Crippen molar-refractivity contribution >= 4 is 23.2 Å². The second kappa shape index (κ2) is 6.05. The van der Waals surface area contributed by atoms with Crippen LogP contribution < -0.4 is 5.32 Å². The van der Waals surface area contributed by atoms with Crippen LogP contribution in [0.4, 0.5) is 0 Å². The molecule has 0 spiro atoms. The lowest BCUT2D eigenvalue weighted by Gasteiger charge is -2.25. The molecule has 1 unspecified atom stereocenters. The standard InChI is InChI=1S/C13H19Cl2NO/c1-9(2)16-7-6-13(3,17)10-4-5-11(14)12(15)8-10/h4-5,8-9,16-17H,6-7H2,1-3H3. The van der Waals surface area contributed by atoms with Gasteiger partial charge in [0.15, 0.2) is 0 Å². The van der Waals surface area contributed by atoms with Crippen LogP contribution >= 0.6 is 23.2 Å². The Labute approximate surface area is 113 Å². The van der Waals surface area contributed by atoms with Crippen LogP contribution in [-0.2, 0) is 5.60 Å². The summed E-state index contributed by atoms with van der Waals surface area (Å²) < 4.78 is 0. The molecular weight excluding hydrogens is 257 g/mol. The lowest BCUT2D eigenvalue weighted by atomic mass is 9.92. The topological polar surface area (TPSA) is 32.3 Å². The summed E-state index contributed by atoms with van der Waals surface area (Å²) in [7, 11) is 0. The highest BCUT2D eigenvalue weighted by Crippen LogP contribution is 2.30. The van der Waals surface area contributed by atoms with Gasteiger partial charge in [0.05, 0.1) is 15.6 Å². The first-order valence-corrected chi connectivity index (χ1v) is 6.50. The average Bonchev–Trinajstić information content (AvgIpc) is 2.21.